The number of hydrogen-bond donors (Lipinski definition) is 2. The zero-order valence-electron chi connectivity index (χ0n) is 20.2. The quantitative estimate of drug-likeness (QED) is 0.398. The Morgan fingerprint density at radius 1 is 1.35 bits per heavy atom. The Hall–Kier alpha value is -3.56. The van der Waals surface area contributed by atoms with Crippen molar-refractivity contribution in [3.63, 3.8) is 0 Å². The molecule has 3 heterocycles. The molecule has 5 rings (SSSR count). The first-order valence-electron chi connectivity index (χ1n) is 11.7. The average Bonchev–Trinajstić information content (AvgIpc) is 3.31. The van der Waals surface area contributed by atoms with Crippen LogP contribution in [0.1, 0.15) is 5.56 Å². The number of benzene rings is 2. The number of nitriles is 1. The third kappa shape index (κ3) is 5.14. The topological polar surface area (TPSA) is 119 Å². The van der Waals surface area contributed by atoms with Crippen molar-refractivity contribution in [2.75, 3.05) is 26.8 Å². The van der Waals surface area contributed by atoms with Crippen LogP contribution in [0, 0.1) is 17.1 Å². The number of fused-ring (bicyclic) bond motifs is 2. The van der Waals surface area contributed by atoms with E-state index in [1.165, 1.54) is 22.0 Å². The Morgan fingerprint density at radius 2 is 2.19 bits per heavy atom. The molecule has 0 bridgehead atoms. The summed E-state index contributed by atoms with van der Waals surface area (Å²) in [5.74, 6) is -1.31. The summed E-state index contributed by atoms with van der Waals surface area (Å²) in [7, 11) is 3.22. The maximum absolute atomic E-state index is 15.0. The van der Waals surface area contributed by atoms with Crippen molar-refractivity contribution < 1.29 is 23.1 Å². The predicted octanol–water partition coefficient (Wildman–Crippen LogP) is 2.71. The first-order valence-corrected chi connectivity index (χ1v) is 12.5. The number of hydrogen-bond acceptors (Lipinski definition) is 8. The molecule has 1 amide bonds. The summed E-state index contributed by atoms with van der Waals surface area (Å²) < 4.78 is 33.3. The van der Waals surface area contributed by atoms with Crippen molar-refractivity contribution in [1.82, 2.24) is 15.2 Å². The van der Waals surface area contributed by atoms with Crippen molar-refractivity contribution >= 4 is 38.4 Å². The number of methoxy groups -OCH3 is 1. The molecule has 0 spiro atoms. The second-order valence-electron chi connectivity index (χ2n) is 8.93. The third-order valence-corrected chi connectivity index (χ3v) is 7.62. The van der Waals surface area contributed by atoms with Gasteiger partial charge >= 0.3 is 5.76 Å². The molecule has 9 nitrogen and oxygen atoms in total. The van der Waals surface area contributed by atoms with Crippen LogP contribution < -0.4 is 16.4 Å². The van der Waals surface area contributed by atoms with Crippen molar-refractivity contribution in [3.05, 3.63) is 58.3 Å². The Bertz CT molecular complexity index is 1570. The van der Waals surface area contributed by atoms with Crippen molar-refractivity contribution in [2.45, 2.75) is 24.7 Å². The third-order valence-electron chi connectivity index (χ3n) is 6.47. The number of thiophene rings is 1. The second-order valence-corrected chi connectivity index (χ2v) is 10.0. The first-order chi connectivity index (χ1) is 17.9. The lowest BCUT2D eigenvalue weighted by molar-refractivity contribution is -0.133. The molecule has 1 aliphatic heterocycles. The van der Waals surface area contributed by atoms with Gasteiger partial charge in [-0.1, -0.05) is 0 Å². The molecule has 0 radical (unpaired) electrons. The fourth-order valence-corrected chi connectivity index (χ4v) is 5.40. The highest BCUT2D eigenvalue weighted by atomic mass is 32.1. The summed E-state index contributed by atoms with van der Waals surface area (Å²) in [6, 6.07) is 11.7. The molecule has 11 heteroatoms. The van der Waals surface area contributed by atoms with Crippen LogP contribution in [0.25, 0.3) is 31.6 Å². The molecule has 4 aromatic rings. The van der Waals surface area contributed by atoms with E-state index in [2.05, 4.69) is 16.7 Å². The molecule has 1 saturated heterocycles. The summed E-state index contributed by atoms with van der Waals surface area (Å²) in [5.41, 5.74) is 2.38. The minimum Gasteiger partial charge on any atom is -0.408 e. The van der Waals surface area contributed by atoms with E-state index in [1.807, 2.05) is 18.2 Å². The maximum atomic E-state index is 15.0. The van der Waals surface area contributed by atoms with E-state index in [-0.39, 0.29) is 19.1 Å². The van der Waals surface area contributed by atoms with Crippen LogP contribution in [0.2, 0.25) is 0 Å². The largest absolute Gasteiger partial charge is 0.419 e. The van der Waals surface area contributed by atoms with E-state index < -0.39 is 29.6 Å². The van der Waals surface area contributed by atoms with Crippen LogP contribution in [0.15, 0.2) is 45.6 Å². The van der Waals surface area contributed by atoms with Crippen molar-refractivity contribution in [1.29, 1.82) is 5.26 Å². The fraction of sp³-hybridized carbons (Fsp3) is 0.346. The number of aromatic nitrogens is 1. The summed E-state index contributed by atoms with van der Waals surface area (Å²) in [5, 5.41) is 16.2. The lowest BCUT2D eigenvalue weighted by atomic mass is 10.0. The number of ether oxygens (including phenoxy) is 2. The average molecular weight is 525 g/mol. The molecule has 0 aliphatic carbocycles. The Morgan fingerprint density at radius 3 is 2.97 bits per heavy atom. The summed E-state index contributed by atoms with van der Waals surface area (Å²) in [6.45, 7) is 1.11. The van der Waals surface area contributed by atoms with Gasteiger partial charge in [-0.3, -0.25) is 9.36 Å². The van der Waals surface area contributed by atoms with Gasteiger partial charge in [0.1, 0.15) is 18.0 Å². The fourth-order valence-electron chi connectivity index (χ4n) is 4.34. The number of nitrogens with zero attached hydrogens (tertiary/aromatic N) is 2. The van der Waals surface area contributed by atoms with Crippen molar-refractivity contribution in [3.8, 4) is 16.5 Å². The van der Waals surface area contributed by atoms with Gasteiger partial charge in [-0.25, -0.2) is 9.18 Å². The molecular formula is C26H25FN4O5S. The first kappa shape index (κ1) is 25.1. The standard InChI is InChI=1S/C26H25FN4O5S/c1-31-20-7-14(3-4-21(20)36-26(31)33)23-8-16-5-15(19(27)9-24(16)37-23)6-17(10-28)30-25(32)22-12-29-11-18(34-2)13-35-22/h3-5,7-9,17-18,22,29H,6,11-13H2,1-2H3,(H,30,32). The zero-order chi connectivity index (χ0) is 26.1. The zero-order valence-corrected chi connectivity index (χ0v) is 21.1. The van der Waals surface area contributed by atoms with Crippen LogP contribution in [0.4, 0.5) is 4.39 Å². The monoisotopic (exact) mass is 524 g/mol. The van der Waals surface area contributed by atoms with Gasteiger partial charge in [0.25, 0.3) is 5.91 Å². The molecule has 0 saturated carbocycles. The lowest BCUT2D eigenvalue weighted by Crippen LogP contribution is -2.46. The van der Waals surface area contributed by atoms with Gasteiger partial charge in [-0.2, -0.15) is 5.26 Å². The number of nitrogens with one attached hydrogen (secondary N) is 2. The van der Waals surface area contributed by atoms with Gasteiger partial charge in [0.05, 0.1) is 24.3 Å². The van der Waals surface area contributed by atoms with Gasteiger partial charge < -0.3 is 24.5 Å². The van der Waals surface area contributed by atoms with Crippen LogP contribution in [-0.2, 0) is 27.7 Å². The van der Waals surface area contributed by atoms with E-state index in [0.717, 1.165) is 20.5 Å². The smallest absolute Gasteiger partial charge is 0.408 e. The number of rotatable bonds is 6. The highest BCUT2D eigenvalue weighted by Gasteiger charge is 2.26. The second kappa shape index (κ2) is 10.4. The van der Waals surface area contributed by atoms with E-state index in [0.29, 0.717) is 29.8 Å². The summed E-state index contributed by atoms with van der Waals surface area (Å²) in [4.78, 5) is 25.4. The van der Waals surface area contributed by atoms with Gasteiger partial charge in [0.2, 0.25) is 0 Å². The SMILES string of the molecule is COC1CNCC(C(=O)NC(C#N)Cc2cc3cc(-c4ccc5oc(=O)n(C)c5c4)sc3cc2F)OC1. The Kier molecular flexibility index (Phi) is 7.08. The van der Waals surface area contributed by atoms with Gasteiger partial charge in [-0.05, 0) is 52.9 Å². The van der Waals surface area contributed by atoms with Gasteiger partial charge in [0.15, 0.2) is 5.58 Å². The predicted molar refractivity (Wildman–Crippen MR) is 137 cm³/mol. The van der Waals surface area contributed by atoms with E-state index in [9.17, 15) is 14.9 Å². The molecule has 2 N–H and O–H groups in total. The highest BCUT2D eigenvalue weighted by molar-refractivity contribution is 7.22. The number of halogens is 1. The van der Waals surface area contributed by atoms with Crippen LogP contribution >= 0.6 is 11.3 Å². The van der Waals surface area contributed by atoms with Gasteiger partial charge in [-0.15, -0.1) is 11.3 Å². The molecule has 1 fully saturated rings. The Labute approximate surface area is 215 Å². The Balaban J connectivity index is 1.34. The van der Waals surface area contributed by atoms with Gasteiger partial charge in [0, 0.05) is 43.2 Å². The van der Waals surface area contributed by atoms with Crippen LogP contribution in [0.5, 0.6) is 0 Å². The minimum absolute atomic E-state index is 0.0130. The van der Waals surface area contributed by atoms with Crippen LogP contribution in [0.3, 0.4) is 0 Å². The minimum atomic E-state index is -0.924. The molecule has 192 valence electrons. The molecule has 1 aliphatic rings. The highest BCUT2D eigenvalue weighted by Crippen LogP contribution is 2.36. The van der Waals surface area contributed by atoms with E-state index >= 15 is 4.39 Å². The molecule has 2 aromatic carbocycles. The lowest BCUT2D eigenvalue weighted by Gasteiger charge is -2.18. The van der Waals surface area contributed by atoms with Crippen molar-refractivity contribution in [2.24, 2.45) is 7.05 Å². The number of carbonyl (C=O) groups excluding carboxylic acids is 1. The van der Waals surface area contributed by atoms with Crippen LogP contribution in [-0.4, -0.2) is 55.5 Å². The number of aryl methyl sites for hydroxylation is 1. The van der Waals surface area contributed by atoms with E-state index in [1.54, 1.807) is 26.3 Å². The number of oxazole rings is 1. The summed E-state index contributed by atoms with van der Waals surface area (Å²) in [6.07, 6.45) is -0.914. The molecule has 37 heavy (non-hydrogen) atoms. The van der Waals surface area contributed by atoms with E-state index in [4.69, 9.17) is 13.9 Å². The maximum Gasteiger partial charge on any atom is 0.419 e. The summed E-state index contributed by atoms with van der Waals surface area (Å²) >= 11 is 1.43. The normalized spacial score (nSPS) is 19.0. The number of amides is 1. The molecule has 2 aromatic heterocycles. The number of carbonyl (C=O) groups is 1. The molecular weight excluding hydrogens is 499 g/mol. The molecule has 3 atom stereocenters. The molecule has 3 unspecified atom stereocenters.